The molecule has 1 amide bonds. The van der Waals surface area contributed by atoms with Crippen molar-refractivity contribution in [1.29, 1.82) is 0 Å². The largest absolute Gasteiger partial charge is 0.488 e. The van der Waals surface area contributed by atoms with Crippen LogP contribution in [-0.4, -0.2) is 42.0 Å². The SMILES string of the molecule is C/C=C\c1c(C)cccc1C[NH+](CCNC(=O)OC(C)(C)C)Cc1ccccc1B(O)O. The summed E-state index contributed by atoms with van der Waals surface area (Å²) in [5.41, 5.74) is 4.44. The van der Waals surface area contributed by atoms with Gasteiger partial charge in [0.25, 0.3) is 0 Å². The highest BCUT2D eigenvalue weighted by Gasteiger charge is 2.21. The van der Waals surface area contributed by atoms with Gasteiger partial charge in [0.05, 0.1) is 13.1 Å². The number of ether oxygens (including phenoxy) is 1. The molecular formula is C25H36BN2O4+. The maximum Gasteiger partial charge on any atom is 0.488 e. The minimum absolute atomic E-state index is 0.437. The van der Waals surface area contributed by atoms with E-state index in [4.69, 9.17) is 4.74 Å². The van der Waals surface area contributed by atoms with Crippen molar-refractivity contribution >= 4 is 24.8 Å². The van der Waals surface area contributed by atoms with Crippen LogP contribution in [-0.2, 0) is 17.8 Å². The summed E-state index contributed by atoms with van der Waals surface area (Å²) in [7, 11) is -1.52. The quantitative estimate of drug-likeness (QED) is 0.450. The standard InChI is InChI=1S/C25H35BN2O4/c1-6-10-22-19(2)11-9-13-20(22)17-28(16-15-27-24(29)32-25(3,4)5)18-21-12-7-8-14-23(21)26(30)31/h6-14,30-31H,15-18H2,1-5H3,(H,27,29)/p+1/b10-6-. The van der Waals surface area contributed by atoms with Crippen molar-refractivity contribution in [2.45, 2.75) is 53.3 Å². The summed E-state index contributed by atoms with van der Waals surface area (Å²) in [6.45, 7) is 12.0. The monoisotopic (exact) mass is 439 g/mol. The van der Waals surface area contributed by atoms with Crippen LogP contribution in [0.4, 0.5) is 4.79 Å². The number of nitrogens with one attached hydrogen (secondary N) is 2. The van der Waals surface area contributed by atoms with E-state index in [1.807, 2.05) is 45.9 Å². The lowest BCUT2D eigenvalue weighted by atomic mass is 9.77. The van der Waals surface area contributed by atoms with Crippen LogP contribution in [0.5, 0.6) is 0 Å². The molecule has 2 rings (SSSR count). The maximum atomic E-state index is 12.1. The Morgan fingerprint density at radius 2 is 1.75 bits per heavy atom. The highest BCUT2D eigenvalue weighted by Crippen LogP contribution is 2.15. The predicted octanol–water partition coefficient (Wildman–Crippen LogP) is 1.82. The number of benzene rings is 2. The molecule has 0 aliphatic rings. The van der Waals surface area contributed by atoms with E-state index in [1.54, 1.807) is 12.1 Å². The molecule has 0 radical (unpaired) electrons. The van der Waals surface area contributed by atoms with Crippen LogP contribution in [0.25, 0.3) is 6.08 Å². The highest BCUT2D eigenvalue weighted by molar-refractivity contribution is 6.59. The van der Waals surface area contributed by atoms with Gasteiger partial charge < -0.3 is 25.0 Å². The second kappa shape index (κ2) is 11.9. The third-order valence-electron chi connectivity index (χ3n) is 5.11. The van der Waals surface area contributed by atoms with E-state index >= 15 is 0 Å². The Kier molecular flexibility index (Phi) is 9.51. The van der Waals surface area contributed by atoms with Gasteiger partial charge in [0, 0.05) is 11.1 Å². The predicted molar refractivity (Wildman–Crippen MR) is 130 cm³/mol. The van der Waals surface area contributed by atoms with E-state index in [9.17, 15) is 14.8 Å². The van der Waals surface area contributed by atoms with Crippen LogP contribution in [0, 0.1) is 6.92 Å². The van der Waals surface area contributed by atoms with Gasteiger partial charge in [-0.2, -0.15) is 0 Å². The Balaban J connectivity index is 2.22. The molecule has 0 aliphatic heterocycles. The lowest BCUT2D eigenvalue weighted by Crippen LogP contribution is -3.10. The number of carbonyl (C=O) groups excluding carboxylic acids is 1. The van der Waals surface area contributed by atoms with Gasteiger partial charge in [-0.15, -0.1) is 0 Å². The highest BCUT2D eigenvalue weighted by atomic mass is 16.6. The Hall–Kier alpha value is -2.61. The molecule has 1 atom stereocenters. The molecule has 0 aromatic heterocycles. The fraction of sp³-hybridized carbons (Fsp3) is 0.400. The molecule has 7 heteroatoms. The van der Waals surface area contributed by atoms with Crippen molar-refractivity contribution in [3.05, 3.63) is 70.8 Å². The zero-order valence-corrected chi connectivity index (χ0v) is 19.8. The number of alkyl carbamates (subject to hydrolysis) is 1. The lowest BCUT2D eigenvalue weighted by molar-refractivity contribution is -0.926. The van der Waals surface area contributed by atoms with Gasteiger partial charge in [0.2, 0.25) is 0 Å². The summed E-state index contributed by atoms with van der Waals surface area (Å²) in [5.74, 6) is 0. The van der Waals surface area contributed by atoms with Crippen molar-refractivity contribution in [2.75, 3.05) is 13.1 Å². The van der Waals surface area contributed by atoms with Gasteiger partial charge in [-0.1, -0.05) is 54.6 Å². The summed E-state index contributed by atoms with van der Waals surface area (Å²) in [6, 6.07) is 13.6. The van der Waals surface area contributed by atoms with E-state index in [0.29, 0.717) is 25.1 Å². The van der Waals surface area contributed by atoms with E-state index < -0.39 is 18.8 Å². The van der Waals surface area contributed by atoms with Crippen LogP contribution >= 0.6 is 0 Å². The molecule has 0 aliphatic carbocycles. The van der Waals surface area contributed by atoms with Crippen LogP contribution in [0.2, 0.25) is 0 Å². The Bertz CT molecular complexity index is 922. The maximum absolute atomic E-state index is 12.1. The molecule has 32 heavy (non-hydrogen) atoms. The minimum atomic E-state index is -1.52. The molecule has 0 spiro atoms. The number of hydrogen-bond acceptors (Lipinski definition) is 4. The van der Waals surface area contributed by atoms with E-state index in [0.717, 1.165) is 12.1 Å². The first kappa shape index (κ1) is 25.7. The van der Waals surface area contributed by atoms with Crippen molar-refractivity contribution in [2.24, 2.45) is 0 Å². The van der Waals surface area contributed by atoms with E-state index in [1.165, 1.54) is 21.6 Å². The molecule has 0 saturated heterocycles. The first-order valence-corrected chi connectivity index (χ1v) is 11.1. The molecule has 4 N–H and O–H groups in total. The molecule has 2 aromatic carbocycles. The zero-order valence-electron chi connectivity index (χ0n) is 19.8. The van der Waals surface area contributed by atoms with Gasteiger partial charge in [-0.05, 0) is 51.2 Å². The number of allylic oxidation sites excluding steroid dienone is 1. The lowest BCUT2D eigenvalue weighted by Gasteiger charge is -2.24. The normalized spacial score (nSPS) is 12.6. The first-order chi connectivity index (χ1) is 15.1. The Labute approximate surface area is 192 Å². The molecule has 6 nitrogen and oxygen atoms in total. The average Bonchev–Trinajstić information content (AvgIpc) is 2.69. The van der Waals surface area contributed by atoms with Crippen molar-refractivity contribution < 1.29 is 24.5 Å². The number of quaternary nitrogens is 1. The van der Waals surface area contributed by atoms with Crippen LogP contribution < -0.4 is 15.7 Å². The average molecular weight is 439 g/mol. The summed E-state index contributed by atoms with van der Waals surface area (Å²) in [4.78, 5) is 13.3. The number of carbonyl (C=O) groups is 1. The fourth-order valence-electron chi connectivity index (χ4n) is 3.68. The van der Waals surface area contributed by atoms with E-state index in [2.05, 4.69) is 36.5 Å². The summed E-state index contributed by atoms with van der Waals surface area (Å²) >= 11 is 0. The molecule has 0 bridgehead atoms. The molecular weight excluding hydrogens is 403 g/mol. The summed E-state index contributed by atoms with van der Waals surface area (Å²) in [5, 5.41) is 22.4. The van der Waals surface area contributed by atoms with Gasteiger partial charge in [0.15, 0.2) is 0 Å². The third kappa shape index (κ3) is 8.15. The van der Waals surface area contributed by atoms with Crippen molar-refractivity contribution in [1.82, 2.24) is 5.32 Å². The minimum Gasteiger partial charge on any atom is -0.444 e. The Morgan fingerprint density at radius 1 is 1.09 bits per heavy atom. The van der Waals surface area contributed by atoms with E-state index in [-0.39, 0.29) is 0 Å². The van der Waals surface area contributed by atoms with Gasteiger partial charge in [-0.25, -0.2) is 4.79 Å². The molecule has 1 unspecified atom stereocenters. The second-order valence-corrected chi connectivity index (χ2v) is 9.00. The number of hydrogen-bond donors (Lipinski definition) is 4. The van der Waals surface area contributed by atoms with Gasteiger partial charge in [-0.3, -0.25) is 0 Å². The summed E-state index contributed by atoms with van der Waals surface area (Å²) < 4.78 is 5.34. The molecule has 0 heterocycles. The zero-order chi connectivity index (χ0) is 23.7. The molecule has 172 valence electrons. The second-order valence-electron chi connectivity index (χ2n) is 9.00. The molecule has 2 aromatic rings. The topological polar surface area (TPSA) is 83.2 Å². The molecule has 0 saturated carbocycles. The summed E-state index contributed by atoms with van der Waals surface area (Å²) in [6.07, 6.45) is 3.72. The molecule has 0 fully saturated rings. The van der Waals surface area contributed by atoms with Crippen LogP contribution in [0.3, 0.4) is 0 Å². The first-order valence-electron chi connectivity index (χ1n) is 11.1. The number of aryl methyl sites for hydroxylation is 1. The number of rotatable bonds is 9. The van der Waals surface area contributed by atoms with Crippen molar-refractivity contribution in [3.63, 3.8) is 0 Å². The van der Waals surface area contributed by atoms with Gasteiger partial charge in [0.1, 0.15) is 18.7 Å². The van der Waals surface area contributed by atoms with Crippen LogP contribution in [0.1, 0.15) is 49.9 Å². The fourth-order valence-corrected chi connectivity index (χ4v) is 3.68. The number of amides is 1. The Morgan fingerprint density at radius 3 is 2.41 bits per heavy atom. The van der Waals surface area contributed by atoms with Crippen molar-refractivity contribution in [3.8, 4) is 0 Å². The van der Waals surface area contributed by atoms with Gasteiger partial charge >= 0.3 is 13.2 Å². The van der Waals surface area contributed by atoms with Crippen LogP contribution in [0.15, 0.2) is 48.5 Å². The third-order valence-corrected chi connectivity index (χ3v) is 5.11. The smallest absolute Gasteiger partial charge is 0.444 e.